The number of pyridine rings is 1. The summed E-state index contributed by atoms with van der Waals surface area (Å²) in [7, 11) is 0. The van der Waals surface area contributed by atoms with Gasteiger partial charge in [-0.3, -0.25) is 4.79 Å². The normalized spacial score (nSPS) is 18.2. The Bertz CT molecular complexity index is 1070. The second kappa shape index (κ2) is 5.98. The minimum Gasteiger partial charge on any atom is -0.398 e. The van der Waals surface area contributed by atoms with Gasteiger partial charge in [0.25, 0.3) is 0 Å². The lowest BCUT2D eigenvalue weighted by molar-refractivity contribution is -0.117. The Kier molecular flexibility index (Phi) is 3.57. The molecule has 1 aliphatic heterocycles. The molecular weight excluding hydrogens is 336 g/mol. The first-order valence-electron chi connectivity index (χ1n) is 9.47. The van der Waals surface area contributed by atoms with Gasteiger partial charge in [-0.25, -0.2) is 4.98 Å². The maximum Gasteiger partial charge on any atom is 0.228 e. The third-order valence-electron chi connectivity index (χ3n) is 5.47. The number of nitrogens with two attached hydrogens (primary N) is 1. The quantitative estimate of drug-likeness (QED) is 0.613. The molecule has 2 heterocycles. The third kappa shape index (κ3) is 2.89. The average Bonchev–Trinajstić information content (AvgIpc) is 3.42. The molecule has 2 aromatic carbocycles. The van der Waals surface area contributed by atoms with E-state index in [2.05, 4.69) is 46.8 Å². The highest BCUT2D eigenvalue weighted by atomic mass is 16.2. The van der Waals surface area contributed by atoms with E-state index in [0.29, 0.717) is 17.5 Å². The lowest BCUT2D eigenvalue weighted by Gasteiger charge is -2.12. The number of amides is 1. The number of nitrogens with zero attached hydrogens (tertiary/aromatic N) is 1. The van der Waals surface area contributed by atoms with Gasteiger partial charge < -0.3 is 16.4 Å². The molecule has 0 unspecified atom stereocenters. The molecule has 27 heavy (non-hydrogen) atoms. The van der Waals surface area contributed by atoms with Crippen molar-refractivity contribution < 1.29 is 4.79 Å². The summed E-state index contributed by atoms with van der Waals surface area (Å²) >= 11 is 0. The van der Waals surface area contributed by atoms with E-state index in [0.717, 1.165) is 35.6 Å². The van der Waals surface area contributed by atoms with Crippen LogP contribution in [-0.2, 0) is 11.2 Å². The Hall–Kier alpha value is -3.08. The van der Waals surface area contributed by atoms with Crippen molar-refractivity contribution in [2.45, 2.75) is 32.2 Å². The SMILES string of the molecule is C[C@@H]1Cc2c(cccc2-c2cc(N)c3cnc(NC(=O)C4CC4)cc3c2)N1. The summed E-state index contributed by atoms with van der Waals surface area (Å²) in [6, 6.07) is 12.9. The van der Waals surface area contributed by atoms with E-state index in [9.17, 15) is 4.79 Å². The van der Waals surface area contributed by atoms with Gasteiger partial charge in [-0.05, 0) is 72.5 Å². The van der Waals surface area contributed by atoms with E-state index in [1.165, 1.54) is 16.8 Å². The van der Waals surface area contributed by atoms with Crippen molar-refractivity contribution in [2.75, 3.05) is 16.4 Å². The first kappa shape index (κ1) is 16.1. The van der Waals surface area contributed by atoms with Crippen molar-refractivity contribution in [1.82, 2.24) is 4.98 Å². The van der Waals surface area contributed by atoms with Crippen molar-refractivity contribution in [1.29, 1.82) is 0 Å². The van der Waals surface area contributed by atoms with Gasteiger partial charge in [-0.1, -0.05) is 12.1 Å². The molecule has 4 N–H and O–H groups in total. The molecule has 0 spiro atoms. The highest BCUT2D eigenvalue weighted by Gasteiger charge is 2.29. The van der Waals surface area contributed by atoms with Crippen LogP contribution in [0.15, 0.2) is 42.6 Å². The molecule has 3 aromatic rings. The van der Waals surface area contributed by atoms with Crippen LogP contribution >= 0.6 is 0 Å². The van der Waals surface area contributed by atoms with Crippen LogP contribution in [0.2, 0.25) is 0 Å². The number of aromatic nitrogens is 1. The maximum atomic E-state index is 12.0. The Morgan fingerprint density at radius 2 is 2.11 bits per heavy atom. The van der Waals surface area contributed by atoms with Gasteiger partial charge in [-0.15, -0.1) is 0 Å². The van der Waals surface area contributed by atoms with Crippen molar-refractivity contribution >= 4 is 33.9 Å². The molecule has 1 aromatic heterocycles. The lowest BCUT2D eigenvalue weighted by Crippen LogP contribution is -2.14. The Balaban J connectivity index is 1.58. The second-order valence-corrected chi connectivity index (χ2v) is 7.70. The van der Waals surface area contributed by atoms with E-state index in [1.54, 1.807) is 6.20 Å². The summed E-state index contributed by atoms with van der Waals surface area (Å²) in [5.74, 6) is 0.803. The van der Waals surface area contributed by atoms with Gasteiger partial charge in [-0.2, -0.15) is 0 Å². The molecule has 1 aliphatic carbocycles. The predicted molar refractivity (Wildman–Crippen MR) is 110 cm³/mol. The van der Waals surface area contributed by atoms with Gasteiger partial charge >= 0.3 is 0 Å². The highest BCUT2D eigenvalue weighted by Crippen LogP contribution is 2.38. The molecule has 1 fully saturated rings. The summed E-state index contributed by atoms with van der Waals surface area (Å²) in [5, 5.41) is 8.33. The van der Waals surface area contributed by atoms with E-state index in [-0.39, 0.29) is 11.8 Å². The Morgan fingerprint density at radius 3 is 2.93 bits per heavy atom. The van der Waals surface area contributed by atoms with Crippen molar-refractivity contribution in [2.24, 2.45) is 5.92 Å². The molecule has 5 nitrogen and oxygen atoms in total. The summed E-state index contributed by atoms with van der Waals surface area (Å²) < 4.78 is 0. The Labute approximate surface area is 158 Å². The fourth-order valence-electron chi connectivity index (χ4n) is 3.92. The van der Waals surface area contributed by atoms with Crippen LogP contribution in [0, 0.1) is 5.92 Å². The number of carbonyl (C=O) groups is 1. The number of nitrogen functional groups attached to an aromatic ring is 1. The zero-order valence-corrected chi connectivity index (χ0v) is 15.3. The molecule has 0 saturated heterocycles. The summed E-state index contributed by atoms with van der Waals surface area (Å²) in [5.41, 5.74) is 11.9. The van der Waals surface area contributed by atoms with E-state index in [1.807, 2.05) is 12.1 Å². The largest absolute Gasteiger partial charge is 0.398 e. The smallest absolute Gasteiger partial charge is 0.228 e. The predicted octanol–water partition coefficient (Wildman–Crippen LogP) is 4.19. The van der Waals surface area contributed by atoms with Crippen LogP contribution in [0.25, 0.3) is 21.9 Å². The number of nitrogens with one attached hydrogen (secondary N) is 2. The number of carbonyl (C=O) groups excluding carboxylic acids is 1. The molecule has 1 atom stereocenters. The molecule has 5 rings (SSSR count). The van der Waals surface area contributed by atoms with Gasteiger partial charge in [0.1, 0.15) is 5.82 Å². The molecule has 1 amide bonds. The van der Waals surface area contributed by atoms with E-state index >= 15 is 0 Å². The fraction of sp³-hybridized carbons (Fsp3) is 0.273. The number of hydrogen-bond acceptors (Lipinski definition) is 4. The third-order valence-corrected chi connectivity index (χ3v) is 5.47. The highest BCUT2D eigenvalue weighted by molar-refractivity contribution is 6.00. The summed E-state index contributed by atoms with van der Waals surface area (Å²) in [6.07, 6.45) is 4.70. The minimum atomic E-state index is 0.0620. The fourth-order valence-corrected chi connectivity index (χ4v) is 3.92. The topological polar surface area (TPSA) is 80.0 Å². The van der Waals surface area contributed by atoms with Crippen molar-refractivity contribution in [3.8, 4) is 11.1 Å². The monoisotopic (exact) mass is 358 g/mol. The van der Waals surface area contributed by atoms with Crippen LogP contribution in [0.5, 0.6) is 0 Å². The second-order valence-electron chi connectivity index (χ2n) is 7.70. The van der Waals surface area contributed by atoms with Crippen LogP contribution in [0.4, 0.5) is 17.2 Å². The van der Waals surface area contributed by atoms with Gasteiger partial charge in [0.2, 0.25) is 5.91 Å². The van der Waals surface area contributed by atoms with Crippen LogP contribution in [0.3, 0.4) is 0 Å². The molecule has 0 radical (unpaired) electrons. The average molecular weight is 358 g/mol. The van der Waals surface area contributed by atoms with Crippen LogP contribution < -0.4 is 16.4 Å². The van der Waals surface area contributed by atoms with Crippen molar-refractivity contribution in [3.05, 3.63) is 48.2 Å². The van der Waals surface area contributed by atoms with Gasteiger partial charge in [0.15, 0.2) is 0 Å². The first-order chi connectivity index (χ1) is 13.1. The van der Waals surface area contributed by atoms with Gasteiger partial charge in [0, 0.05) is 34.9 Å². The minimum absolute atomic E-state index is 0.0620. The van der Waals surface area contributed by atoms with Crippen LogP contribution in [0.1, 0.15) is 25.3 Å². The summed E-state index contributed by atoms with van der Waals surface area (Å²) in [6.45, 7) is 2.19. The number of rotatable bonds is 3. The zero-order valence-electron chi connectivity index (χ0n) is 15.3. The molecule has 136 valence electrons. The number of benzene rings is 2. The first-order valence-corrected chi connectivity index (χ1v) is 9.47. The molecule has 5 heteroatoms. The number of fused-ring (bicyclic) bond motifs is 2. The Morgan fingerprint density at radius 1 is 1.26 bits per heavy atom. The van der Waals surface area contributed by atoms with Crippen LogP contribution in [-0.4, -0.2) is 16.9 Å². The molecule has 0 bridgehead atoms. The van der Waals surface area contributed by atoms with Gasteiger partial charge in [0.05, 0.1) is 0 Å². The number of hydrogen-bond donors (Lipinski definition) is 3. The van der Waals surface area contributed by atoms with Crippen molar-refractivity contribution in [3.63, 3.8) is 0 Å². The molecule has 2 aliphatic rings. The summed E-state index contributed by atoms with van der Waals surface area (Å²) in [4.78, 5) is 16.4. The zero-order chi connectivity index (χ0) is 18.5. The molecule has 1 saturated carbocycles. The van der Waals surface area contributed by atoms with E-state index in [4.69, 9.17) is 5.73 Å². The maximum absolute atomic E-state index is 12.0. The lowest BCUT2D eigenvalue weighted by atomic mass is 9.94. The molecular formula is C22H22N4O. The standard InChI is InChI=1S/C22H22N4O/c1-12-7-17-16(3-2-4-20(17)25-12)14-8-15-10-21(26-22(27)13-5-6-13)24-11-18(15)19(23)9-14/h2-4,8-13,25H,5-7,23H2,1H3,(H,24,26,27)/t12-/m1/s1. The number of anilines is 3. The van der Waals surface area contributed by atoms with E-state index < -0.39 is 0 Å².